The summed E-state index contributed by atoms with van der Waals surface area (Å²) in [5, 5.41) is 24.3. The number of aliphatic hydroxyl groups excluding tert-OH is 2. The molecule has 6 nitrogen and oxygen atoms in total. The predicted octanol–water partition coefficient (Wildman–Crippen LogP) is 0.715. The number of hydrogen-bond acceptors (Lipinski definition) is 6. The second-order valence-electron chi connectivity index (χ2n) is 4.52. The lowest BCUT2D eigenvalue weighted by Crippen LogP contribution is -2.29. The van der Waals surface area contributed by atoms with Crippen LogP contribution in [0.5, 0.6) is 0 Å². The lowest BCUT2D eigenvalue weighted by atomic mass is 10.2. The van der Waals surface area contributed by atoms with E-state index in [-0.39, 0.29) is 19.1 Å². The van der Waals surface area contributed by atoms with Crippen molar-refractivity contribution in [2.75, 3.05) is 30.9 Å². The van der Waals surface area contributed by atoms with E-state index in [0.29, 0.717) is 5.82 Å². The molecule has 0 spiro atoms. The number of nitrogens with one attached hydrogen (secondary N) is 2. The molecule has 1 aromatic heterocycles. The van der Waals surface area contributed by atoms with Crippen molar-refractivity contribution in [2.24, 2.45) is 0 Å². The van der Waals surface area contributed by atoms with Gasteiger partial charge in [0, 0.05) is 18.5 Å². The molecule has 0 radical (unpaired) electrons. The van der Waals surface area contributed by atoms with Crippen molar-refractivity contribution >= 4 is 11.6 Å². The molecule has 0 saturated heterocycles. The summed E-state index contributed by atoms with van der Waals surface area (Å²) in [6, 6.07) is -0.414. The number of anilines is 2. The van der Waals surface area contributed by atoms with Gasteiger partial charge in [-0.15, -0.1) is 0 Å². The molecule has 0 bridgehead atoms. The maximum absolute atomic E-state index is 9.10. The van der Waals surface area contributed by atoms with Crippen LogP contribution >= 0.6 is 0 Å². The standard InChI is InChI=1S/C12H22N4O2/c1-7(2)10-15-11(13-4)8(3)12(16-10)14-9(5-17)6-18/h7,9,17-18H,5-6H2,1-4H3,(H2,13,14,15,16). The van der Waals surface area contributed by atoms with E-state index in [1.165, 1.54) is 0 Å². The summed E-state index contributed by atoms with van der Waals surface area (Å²) in [7, 11) is 1.80. The van der Waals surface area contributed by atoms with Gasteiger partial charge in [-0.05, 0) is 6.92 Å². The monoisotopic (exact) mass is 254 g/mol. The molecule has 0 unspecified atom stereocenters. The van der Waals surface area contributed by atoms with E-state index >= 15 is 0 Å². The van der Waals surface area contributed by atoms with Crippen LogP contribution < -0.4 is 10.6 Å². The van der Waals surface area contributed by atoms with Crippen LogP contribution in [0, 0.1) is 6.92 Å². The Labute approximate surface area is 107 Å². The van der Waals surface area contributed by atoms with Crippen molar-refractivity contribution in [1.29, 1.82) is 0 Å². The molecule has 0 amide bonds. The lowest BCUT2D eigenvalue weighted by Gasteiger charge is -2.19. The molecule has 102 valence electrons. The van der Waals surface area contributed by atoms with Crippen LogP contribution in [-0.4, -0.2) is 46.5 Å². The van der Waals surface area contributed by atoms with Crippen LogP contribution in [-0.2, 0) is 0 Å². The second-order valence-corrected chi connectivity index (χ2v) is 4.52. The third kappa shape index (κ3) is 3.30. The van der Waals surface area contributed by atoms with Gasteiger partial charge in [0.2, 0.25) is 0 Å². The third-order valence-electron chi connectivity index (χ3n) is 2.70. The molecule has 1 rings (SSSR count). The minimum atomic E-state index is -0.414. The van der Waals surface area contributed by atoms with E-state index in [1.807, 2.05) is 20.8 Å². The van der Waals surface area contributed by atoms with E-state index in [2.05, 4.69) is 20.6 Å². The number of aromatic nitrogens is 2. The van der Waals surface area contributed by atoms with Crippen molar-refractivity contribution in [2.45, 2.75) is 32.7 Å². The summed E-state index contributed by atoms with van der Waals surface area (Å²) < 4.78 is 0. The Hall–Kier alpha value is -1.40. The molecule has 4 N–H and O–H groups in total. The Kier molecular flexibility index (Phi) is 5.30. The van der Waals surface area contributed by atoms with E-state index in [0.717, 1.165) is 17.2 Å². The maximum Gasteiger partial charge on any atom is 0.135 e. The van der Waals surface area contributed by atoms with Gasteiger partial charge in [-0.2, -0.15) is 0 Å². The molecule has 18 heavy (non-hydrogen) atoms. The number of hydrogen-bond donors (Lipinski definition) is 4. The first-order valence-corrected chi connectivity index (χ1v) is 6.08. The molecule has 0 saturated carbocycles. The Morgan fingerprint density at radius 3 is 2.11 bits per heavy atom. The first-order chi connectivity index (χ1) is 8.53. The van der Waals surface area contributed by atoms with Crippen molar-refractivity contribution in [3.8, 4) is 0 Å². The lowest BCUT2D eigenvalue weighted by molar-refractivity contribution is 0.203. The minimum absolute atomic E-state index is 0.147. The van der Waals surface area contributed by atoms with Gasteiger partial charge in [0.15, 0.2) is 0 Å². The fraction of sp³-hybridized carbons (Fsp3) is 0.667. The largest absolute Gasteiger partial charge is 0.394 e. The van der Waals surface area contributed by atoms with Crippen LogP contribution in [0.4, 0.5) is 11.6 Å². The summed E-state index contributed by atoms with van der Waals surface area (Å²) in [6.07, 6.45) is 0. The maximum atomic E-state index is 9.10. The molecule has 0 aliphatic rings. The summed E-state index contributed by atoms with van der Waals surface area (Å²) in [5.74, 6) is 2.33. The zero-order chi connectivity index (χ0) is 13.7. The van der Waals surface area contributed by atoms with Crippen LogP contribution in [0.1, 0.15) is 31.2 Å². The Morgan fingerprint density at radius 2 is 1.67 bits per heavy atom. The normalized spacial score (nSPS) is 11.1. The summed E-state index contributed by atoms with van der Waals surface area (Å²) >= 11 is 0. The van der Waals surface area contributed by atoms with Gasteiger partial charge in [-0.3, -0.25) is 0 Å². The predicted molar refractivity (Wildman–Crippen MR) is 72.0 cm³/mol. The number of rotatable bonds is 6. The summed E-state index contributed by atoms with van der Waals surface area (Å²) in [4.78, 5) is 8.85. The van der Waals surface area contributed by atoms with Crippen molar-refractivity contribution < 1.29 is 10.2 Å². The van der Waals surface area contributed by atoms with Gasteiger partial charge >= 0.3 is 0 Å². The third-order valence-corrected chi connectivity index (χ3v) is 2.70. The zero-order valence-electron chi connectivity index (χ0n) is 11.4. The molecular weight excluding hydrogens is 232 g/mol. The van der Waals surface area contributed by atoms with Crippen LogP contribution in [0.25, 0.3) is 0 Å². The zero-order valence-corrected chi connectivity index (χ0v) is 11.4. The molecule has 1 heterocycles. The quantitative estimate of drug-likeness (QED) is 0.598. The van der Waals surface area contributed by atoms with Crippen LogP contribution in [0.15, 0.2) is 0 Å². The molecule has 0 aromatic carbocycles. The van der Waals surface area contributed by atoms with E-state index in [1.54, 1.807) is 7.05 Å². The fourth-order valence-corrected chi connectivity index (χ4v) is 1.52. The van der Waals surface area contributed by atoms with E-state index in [9.17, 15) is 0 Å². The highest BCUT2D eigenvalue weighted by molar-refractivity contribution is 5.57. The van der Waals surface area contributed by atoms with Gasteiger partial charge in [0.25, 0.3) is 0 Å². The van der Waals surface area contributed by atoms with Crippen molar-refractivity contribution in [3.05, 3.63) is 11.4 Å². The van der Waals surface area contributed by atoms with E-state index < -0.39 is 6.04 Å². The molecule has 0 aliphatic heterocycles. The number of nitrogens with zero attached hydrogens (tertiary/aromatic N) is 2. The first-order valence-electron chi connectivity index (χ1n) is 6.08. The molecule has 0 atom stereocenters. The average molecular weight is 254 g/mol. The Bertz CT molecular complexity index is 392. The topological polar surface area (TPSA) is 90.3 Å². The fourth-order valence-electron chi connectivity index (χ4n) is 1.52. The number of aliphatic hydroxyl groups is 2. The highest BCUT2D eigenvalue weighted by Crippen LogP contribution is 2.23. The van der Waals surface area contributed by atoms with Crippen LogP contribution in [0.3, 0.4) is 0 Å². The minimum Gasteiger partial charge on any atom is -0.394 e. The van der Waals surface area contributed by atoms with Gasteiger partial charge in [0.05, 0.1) is 19.3 Å². The second kappa shape index (κ2) is 6.51. The highest BCUT2D eigenvalue weighted by Gasteiger charge is 2.15. The van der Waals surface area contributed by atoms with Gasteiger partial charge in [-0.25, -0.2) is 9.97 Å². The van der Waals surface area contributed by atoms with Crippen molar-refractivity contribution in [1.82, 2.24) is 9.97 Å². The molecule has 0 fully saturated rings. The average Bonchev–Trinajstić information content (AvgIpc) is 2.37. The van der Waals surface area contributed by atoms with E-state index in [4.69, 9.17) is 10.2 Å². The molecule has 1 aromatic rings. The Balaban J connectivity index is 3.12. The van der Waals surface area contributed by atoms with Gasteiger partial charge in [-0.1, -0.05) is 13.8 Å². The summed E-state index contributed by atoms with van der Waals surface area (Å²) in [6.45, 7) is 5.63. The highest BCUT2D eigenvalue weighted by atomic mass is 16.3. The SMILES string of the molecule is CNc1nc(C(C)C)nc(NC(CO)CO)c1C. The summed E-state index contributed by atoms with van der Waals surface area (Å²) in [5.41, 5.74) is 0.869. The van der Waals surface area contributed by atoms with Gasteiger partial charge in [0.1, 0.15) is 17.5 Å². The van der Waals surface area contributed by atoms with Gasteiger partial charge < -0.3 is 20.8 Å². The Morgan fingerprint density at radius 1 is 1.11 bits per heavy atom. The molecular formula is C12H22N4O2. The molecule has 6 heteroatoms. The smallest absolute Gasteiger partial charge is 0.135 e. The van der Waals surface area contributed by atoms with Crippen molar-refractivity contribution in [3.63, 3.8) is 0 Å². The first kappa shape index (κ1) is 14.7. The van der Waals surface area contributed by atoms with Crippen LogP contribution in [0.2, 0.25) is 0 Å². The molecule has 0 aliphatic carbocycles.